The number of aromatic nitrogens is 1. The molecule has 1 aromatic rings. The number of rotatable bonds is 5. The predicted molar refractivity (Wildman–Crippen MR) is 66.8 cm³/mol. The Morgan fingerprint density at radius 2 is 2.24 bits per heavy atom. The van der Waals surface area contributed by atoms with Crippen molar-refractivity contribution in [3.05, 3.63) is 18.3 Å². The van der Waals surface area contributed by atoms with Crippen LogP contribution >= 0.6 is 0 Å². The van der Waals surface area contributed by atoms with E-state index in [4.69, 9.17) is 10.5 Å². The molecule has 0 saturated carbocycles. The van der Waals surface area contributed by atoms with Gasteiger partial charge in [0.15, 0.2) is 0 Å². The van der Waals surface area contributed by atoms with Gasteiger partial charge in [0.1, 0.15) is 0 Å². The number of anilines is 1. The van der Waals surface area contributed by atoms with Gasteiger partial charge < -0.3 is 15.8 Å². The van der Waals surface area contributed by atoms with Crippen LogP contribution in [0.3, 0.4) is 0 Å². The third kappa shape index (κ3) is 4.03. The number of amides is 1. The van der Waals surface area contributed by atoms with Crippen molar-refractivity contribution >= 4 is 11.6 Å². The first kappa shape index (κ1) is 13.4. The van der Waals surface area contributed by atoms with Crippen molar-refractivity contribution in [1.82, 2.24) is 4.98 Å². The topological polar surface area (TPSA) is 77.2 Å². The highest BCUT2D eigenvalue weighted by Gasteiger charge is 2.17. The summed E-state index contributed by atoms with van der Waals surface area (Å²) in [6.45, 7) is 6.26. The van der Waals surface area contributed by atoms with Crippen LogP contribution in [0.1, 0.15) is 20.8 Å². The van der Waals surface area contributed by atoms with E-state index >= 15 is 0 Å². The molecule has 5 nitrogen and oxygen atoms in total. The predicted octanol–water partition coefficient (Wildman–Crippen LogP) is 1.40. The third-order valence-electron chi connectivity index (χ3n) is 2.32. The van der Waals surface area contributed by atoms with E-state index in [2.05, 4.69) is 10.3 Å². The molecule has 0 aliphatic heterocycles. The minimum atomic E-state index is -0.512. The molecule has 0 unspecified atom stereocenters. The van der Waals surface area contributed by atoms with Crippen LogP contribution in [0.25, 0.3) is 0 Å². The summed E-state index contributed by atoms with van der Waals surface area (Å²) in [5.74, 6) is 0.440. The van der Waals surface area contributed by atoms with Gasteiger partial charge in [0, 0.05) is 6.07 Å². The number of hydrogen-bond acceptors (Lipinski definition) is 4. The lowest BCUT2D eigenvalue weighted by molar-refractivity contribution is -0.118. The lowest BCUT2D eigenvalue weighted by Gasteiger charge is -2.15. The zero-order valence-corrected chi connectivity index (χ0v) is 10.4. The summed E-state index contributed by atoms with van der Waals surface area (Å²) >= 11 is 0. The maximum absolute atomic E-state index is 11.7. The summed E-state index contributed by atoms with van der Waals surface area (Å²) in [6.07, 6.45) is 1.55. The highest BCUT2D eigenvalue weighted by Crippen LogP contribution is 2.12. The lowest BCUT2D eigenvalue weighted by atomic mass is 10.1. The van der Waals surface area contributed by atoms with E-state index in [1.807, 2.05) is 20.8 Å². The quantitative estimate of drug-likeness (QED) is 0.811. The van der Waals surface area contributed by atoms with Crippen LogP contribution in [0.2, 0.25) is 0 Å². The molecule has 1 aromatic heterocycles. The van der Waals surface area contributed by atoms with Crippen LogP contribution < -0.4 is 15.8 Å². The van der Waals surface area contributed by atoms with Gasteiger partial charge in [-0.1, -0.05) is 13.8 Å². The molecule has 0 radical (unpaired) electrons. The van der Waals surface area contributed by atoms with Crippen LogP contribution in [-0.2, 0) is 4.79 Å². The van der Waals surface area contributed by atoms with Crippen molar-refractivity contribution < 1.29 is 9.53 Å². The molecule has 0 saturated heterocycles. The minimum Gasteiger partial charge on any atom is -0.478 e. The fraction of sp³-hybridized carbons (Fsp3) is 0.500. The van der Waals surface area contributed by atoms with Crippen LogP contribution in [-0.4, -0.2) is 23.5 Å². The van der Waals surface area contributed by atoms with Gasteiger partial charge in [-0.25, -0.2) is 4.98 Å². The molecule has 94 valence electrons. The fourth-order valence-corrected chi connectivity index (χ4v) is 1.22. The number of nitrogens with two attached hydrogens (primary N) is 1. The Bertz CT molecular complexity index is 363. The smallest absolute Gasteiger partial charge is 0.241 e. The van der Waals surface area contributed by atoms with Crippen LogP contribution in [0, 0.1) is 5.92 Å². The number of hydrogen-bond donors (Lipinski definition) is 2. The maximum atomic E-state index is 11.7. The van der Waals surface area contributed by atoms with Gasteiger partial charge in [-0.05, 0) is 18.9 Å². The van der Waals surface area contributed by atoms with Crippen molar-refractivity contribution in [1.29, 1.82) is 0 Å². The average Bonchev–Trinajstić information content (AvgIpc) is 2.30. The van der Waals surface area contributed by atoms with Crippen LogP contribution in [0.15, 0.2) is 18.3 Å². The largest absolute Gasteiger partial charge is 0.478 e. The van der Waals surface area contributed by atoms with E-state index in [1.165, 1.54) is 0 Å². The zero-order chi connectivity index (χ0) is 12.8. The maximum Gasteiger partial charge on any atom is 0.241 e. The molecule has 1 rings (SSSR count). The van der Waals surface area contributed by atoms with Crippen molar-refractivity contribution in [2.24, 2.45) is 11.7 Å². The summed E-state index contributed by atoms with van der Waals surface area (Å²) in [6, 6.07) is 2.93. The molecular formula is C12H19N3O2. The summed E-state index contributed by atoms with van der Waals surface area (Å²) in [4.78, 5) is 15.7. The number of nitrogens with one attached hydrogen (secondary N) is 1. The molecular weight excluding hydrogens is 218 g/mol. The van der Waals surface area contributed by atoms with E-state index in [0.29, 0.717) is 18.2 Å². The van der Waals surface area contributed by atoms with Crippen molar-refractivity contribution in [2.75, 3.05) is 11.9 Å². The Hall–Kier alpha value is -1.62. The Morgan fingerprint density at radius 3 is 2.71 bits per heavy atom. The Morgan fingerprint density at radius 1 is 1.53 bits per heavy atom. The molecule has 0 bridgehead atoms. The minimum absolute atomic E-state index is 0.102. The molecule has 1 atom stereocenters. The Balaban J connectivity index is 2.60. The number of nitrogens with zero attached hydrogens (tertiary/aromatic N) is 1. The second kappa shape index (κ2) is 6.20. The number of pyridine rings is 1. The van der Waals surface area contributed by atoms with Gasteiger partial charge >= 0.3 is 0 Å². The summed E-state index contributed by atoms with van der Waals surface area (Å²) < 4.78 is 5.20. The first-order valence-electron chi connectivity index (χ1n) is 5.70. The second-order valence-electron chi connectivity index (χ2n) is 4.08. The number of carbonyl (C=O) groups excluding carboxylic acids is 1. The zero-order valence-electron chi connectivity index (χ0n) is 10.4. The van der Waals surface area contributed by atoms with Crippen molar-refractivity contribution in [2.45, 2.75) is 26.8 Å². The molecule has 17 heavy (non-hydrogen) atoms. The van der Waals surface area contributed by atoms with Gasteiger partial charge in [-0.2, -0.15) is 0 Å². The summed E-state index contributed by atoms with van der Waals surface area (Å²) in [5, 5.41) is 2.71. The first-order chi connectivity index (χ1) is 8.04. The molecule has 1 heterocycles. The molecule has 0 spiro atoms. The average molecular weight is 237 g/mol. The Kier molecular flexibility index (Phi) is 4.90. The molecule has 3 N–H and O–H groups in total. The molecule has 0 fully saturated rings. The molecule has 1 amide bonds. The monoisotopic (exact) mass is 237 g/mol. The van der Waals surface area contributed by atoms with Gasteiger partial charge in [0.2, 0.25) is 11.8 Å². The number of ether oxygens (including phenoxy) is 1. The van der Waals surface area contributed by atoms with Crippen molar-refractivity contribution in [3.63, 3.8) is 0 Å². The highest BCUT2D eigenvalue weighted by molar-refractivity contribution is 5.94. The SMILES string of the molecule is CCOc1ccc(NC(=O)[C@H](N)C(C)C)cn1. The molecule has 0 aliphatic carbocycles. The van der Waals surface area contributed by atoms with Gasteiger partial charge in [-0.3, -0.25) is 4.79 Å². The second-order valence-corrected chi connectivity index (χ2v) is 4.08. The van der Waals surface area contributed by atoms with E-state index in [-0.39, 0.29) is 11.8 Å². The normalized spacial score (nSPS) is 12.3. The summed E-state index contributed by atoms with van der Waals surface area (Å²) in [5.41, 5.74) is 6.35. The van der Waals surface area contributed by atoms with E-state index in [0.717, 1.165) is 0 Å². The molecule has 0 aliphatic rings. The van der Waals surface area contributed by atoms with E-state index in [9.17, 15) is 4.79 Å². The first-order valence-corrected chi connectivity index (χ1v) is 5.70. The highest BCUT2D eigenvalue weighted by atomic mass is 16.5. The van der Waals surface area contributed by atoms with E-state index in [1.54, 1.807) is 18.3 Å². The van der Waals surface area contributed by atoms with Crippen molar-refractivity contribution in [3.8, 4) is 5.88 Å². The van der Waals surface area contributed by atoms with Crippen LogP contribution in [0.4, 0.5) is 5.69 Å². The molecule has 0 aromatic carbocycles. The Labute approximate surface area is 101 Å². The van der Waals surface area contributed by atoms with Gasteiger partial charge in [0.25, 0.3) is 0 Å². The molecule has 5 heteroatoms. The fourth-order valence-electron chi connectivity index (χ4n) is 1.22. The lowest BCUT2D eigenvalue weighted by Crippen LogP contribution is -2.39. The third-order valence-corrected chi connectivity index (χ3v) is 2.32. The van der Waals surface area contributed by atoms with Gasteiger partial charge in [-0.15, -0.1) is 0 Å². The van der Waals surface area contributed by atoms with Gasteiger partial charge in [0.05, 0.1) is 24.5 Å². The standard InChI is InChI=1S/C12H19N3O2/c1-4-17-10-6-5-9(7-14-10)15-12(16)11(13)8(2)3/h5-8,11H,4,13H2,1-3H3,(H,15,16)/t11-/m1/s1. The number of carbonyl (C=O) groups is 1. The summed E-state index contributed by atoms with van der Waals surface area (Å²) in [7, 11) is 0. The van der Waals surface area contributed by atoms with Crippen LogP contribution in [0.5, 0.6) is 5.88 Å². The van der Waals surface area contributed by atoms with E-state index < -0.39 is 6.04 Å².